The Bertz CT molecular complexity index is 197. The first-order valence-electron chi connectivity index (χ1n) is 4.71. The number of hydrogen-bond acceptors (Lipinski definition) is 3. The van der Waals surface area contributed by atoms with Crippen molar-refractivity contribution in [1.82, 2.24) is 0 Å². The molecule has 1 aliphatic rings. The van der Waals surface area contributed by atoms with Gasteiger partial charge in [-0.05, 0) is 0 Å². The van der Waals surface area contributed by atoms with Crippen LogP contribution in [0, 0.1) is 5.41 Å². The second-order valence-electron chi connectivity index (χ2n) is 4.72. The molecule has 0 aliphatic carbocycles. The highest BCUT2D eigenvalue weighted by Gasteiger charge is 2.42. The second-order valence-corrected chi connectivity index (χ2v) is 4.72. The molecule has 3 heteroatoms. The van der Waals surface area contributed by atoms with Crippen molar-refractivity contribution in [3.05, 3.63) is 0 Å². The van der Waals surface area contributed by atoms with Crippen LogP contribution >= 0.6 is 0 Å². The maximum atomic E-state index is 11.8. The summed E-state index contributed by atoms with van der Waals surface area (Å²) in [6, 6.07) is 0. The lowest BCUT2D eigenvalue weighted by Gasteiger charge is -2.35. The first-order valence-corrected chi connectivity index (χ1v) is 4.71. The molecule has 13 heavy (non-hydrogen) atoms. The SMILES string of the molecule is CC(C)(C)C(=O)C1(O)CCOCC1. The van der Waals surface area contributed by atoms with Gasteiger partial charge in [-0.3, -0.25) is 4.79 Å². The van der Waals surface area contributed by atoms with E-state index in [9.17, 15) is 9.90 Å². The van der Waals surface area contributed by atoms with Crippen LogP contribution in [0.25, 0.3) is 0 Å². The van der Waals surface area contributed by atoms with E-state index >= 15 is 0 Å². The fourth-order valence-corrected chi connectivity index (χ4v) is 1.63. The zero-order valence-corrected chi connectivity index (χ0v) is 8.59. The normalized spacial score (nSPS) is 22.8. The van der Waals surface area contributed by atoms with Gasteiger partial charge in [0, 0.05) is 31.5 Å². The lowest BCUT2D eigenvalue weighted by Crippen LogP contribution is -2.49. The van der Waals surface area contributed by atoms with Gasteiger partial charge in [0.1, 0.15) is 5.60 Å². The number of rotatable bonds is 1. The van der Waals surface area contributed by atoms with Gasteiger partial charge in [0.2, 0.25) is 0 Å². The third-order valence-electron chi connectivity index (χ3n) is 2.42. The van der Waals surface area contributed by atoms with Crippen LogP contribution in [0.2, 0.25) is 0 Å². The molecule has 0 bridgehead atoms. The number of Topliss-reactive ketones (excluding diaryl/α,β-unsaturated/α-hetero) is 1. The smallest absolute Gasteiger partial charge is 0.169 e. The van der Waals surface area contributed by atoms with Gasteiger partial charge in [0.15, 0.2) is 5.78 Å². The molecular weight excluding hydrogens is 168 g/mol. The van der Waals surface area contributed by atoms with Crippen molar-refractivity contribution in [2.45, 2.75) is 39.2 Å². The van der Waals surface area contributed by atoms with E-state index in [0.29, 0.717) is 26.1 Å². The molecule has 1 heterocycles. The van der Waals surface area contributed by atoms with Crippen LogP contribution in [0.15, 0.2) is 0 Å². The zero-order chi connectivity index (χ0) is 10.1. The molecular formula is C10H18O3. The highest BCUT2D eigenvalue weighted by atomic mass is 16.5. The Hall–Kier alpha value is -0.410. The molecule has 0 atom stereocenters. The van der Waals surface area contributed by atoms with E-state index in [0.717, 1.165) is 0 Å². The van der Waals surface area contributed by atoms with Crippen molar-refractivity contribution >= 4 is 5.78 Å². The minimum atomic E-state index is -1.14. The lowest BCUT2D eigenvalue weighted by atomic mass is 9.76. The number of hydrogen-bond donors (Lipinski definition) is 1. The number of ketones is 1. The van der Waals surface area contributed by atoms with Crippen molar-refractivity contribution in [2.24, 2.45) is 5.41 Å². The summed E-state index contributed by atoms with van der Waals surface area (Å²) in [5.41, 5.74) is -1.61. The van der Waals surface area contributed by atoms with Crippen LogP contribution < -0.4 is 0 Å². The number of ether oxygens (including phenoxy) is 1. The van der Waals surface area contributed by atoms with Crippen molar-refractivity contribution in [3.63, 3.8) is 0 Å². The largest absolute Gasteiger partial charge is 0.382 e. The molecule has 1 saturated heterocycles. The van der Waals surface area contributed by atoms with Gasteiger partial charge >= 0.3 is 0 Å². The Kier molecular flexibility index (Phi) is 2.78. The summed E-state index contributed by atoms with van der Waals surface area (Å²) in [6.45, 7) is 6.48. The van der Waals surface area contributed by atoms with E-state index < -0.39 is 11.0 Å². The number of aliphatic hydroxyl groups is 1. The first-order chi connectivity index (χ1) is 5.86. The predicted molar refractivity (Wildman–Crippen MR) is 49.5 cm³/mol. The summed E-state index contributed by atoms with van der Waals surface area (Å²) in [6.07, 6.45) is 0.867. The molecule has 76 valence electrons. The van der Waals surface area contributed by atoms with Gasteiger partial charge in [0.05, 0.1) is 0 Å². The molecule has 1 fully saturated rings. The maximum Gasteiger partial charge on any atom is 0.169 e. The number of carbonyl (C=O) groups is 1. The highest BCUT2D eigenvalue weighted by Crippen LogP contribution is 2.30. The van der Waals surface area contributed by atoms with Crippen molar-refractivity contribution in [3.8, 4) is 0 Å². The van der Waals surface area contributed by atoms with Crippen LogP contribution in [-0.4, -0.2) is 29.7 Å². The molecule has 1 rings (SSSR count). The second kappa shape index (κ2) is 3.39. The fraction of sp³-hybridized carbons (Fsp3) is 0.900. The van der Waals surface area contributed by atoms with Gasteiger partial charge in [0.25, 0.3) is 0 Å². The molecule has 3 nitrogen and oxygen atoms in total. The Morgan fingerprint density at radius 3 is 2.15 bits per heavy atom. The quantitative estimate of drug-likeness (QED) is 0.668. The fourth-order valence-electron chi connectivity index (χ4n) is 1.63. The molecule has 0 radical (unpaired) electrons. The van der Waals surface area contributed by atoms with Crippen molar-refractivity contribution < 1.29 is 14.6 Å². The summed E-state index contributed by atoms with van der Waals surface area (Å²) in [7, 11) is 0. The summed E-state index contributed by atoms with van der Waals surface area (Å²) in [5, 5.41) is 10.0. The van der Waals surface area contributed by atoms with Crippen LogP contribution in [0.3, 0.4) is 0 Å². The summed E-state index contributed by atoms with van der Waals surface area (Å²) < 4.78 is 5.12. The Morgan fingerprint density at radius 2 is 1.77 bits per heavy atom. The van der Waals surface area contributed by atoms with E-state index in [-0.39, 0.29) is 5.78 Å². The molecule has 0 unspecified atom stereocenters. The summed E-state index contributed by atoms with van der Waals surface area (Å²) >= 11 is 0. The van der Waals surface area contributed by atoms with Crippen molar-refractivity contribution in [2.75, 3.05) is 13.2 Å². The average molecular weight is 186 g/mol. The Labute approximate surface area is 79.1 Å². The van der Waals surface area contributed by atoms with Gasteiger partial charge in [-0.25, -0.2) is 0 Å². The predicted octanol–water partition coefficient (Wildman–Crippen LogP) is 1.14. The summed E-state index contributed by atoms with van der Waals surface area (Å²) in [5.74, 6) is -0.0664. The van der Waals surface area contributed by atoms with Gasteiger partial charge in [-0.2, -0.15) is 0 Å². The topological polar surface area (TPSA) is 46.5 Å². The molecule has 0 aromatic heterocycles. The van der Waals surface area contributed by atoms with E-state index in [4.69, 9.17) is 4.74 Å². The highest BCUT2D eigenvalue weighted by molar-refractivity contribution is 5.91. The average Bonchev–Trinajstić information content (AvgIpc) is 2.03. The monoisotopic (exact) mass is 186 g/mol. The van der Waals surface area contributed by atoms with Crippen LogP contribution in [0.1, 0.15) is 33.6 Å². The van der Waals surface area contributed by atoms with Crippen molar-refractivity contribution in [1.29, 1.82) is 0 Å². The zero-order valence-electron chi connectivity index (χ0n) is 8.59. The van der Waals surface area contributed by atoms with Gasteiger partial charge in [-0.15, -0.1) is 0 Å². The van der Waals surface area contributed by atoms with Crippen LogP contribution in [0.4, 0.5) is 0 Å². The molecule has 0 aromatic rings. The van der Waals surface area contributed by atoms with Gasteiger partial charge in [-0.1, -0.05) is 20.8 Å². The van der Waals surface area contributed by atoms with Crippen LogP contribution in [0.5, 0.6) is 0 Å². The molecule has 0 amide bonds. The molecule has 0 spiro atoms. The Morgan fingerprint density at radius 1 is 1.31 bits per heavy atom. The minimum absolute atomic E-state index is 0.0664. The summed E-state index contributed by atoms with van der Waals surface area (Å²) in [4.78, 5) is 11.8. The van der Waals surface area contributed by atoms with E-state index in [1.54, 1.807) is 0 Å². The van der Waals surface area contributed by atoms with E-state index in [1.807, 2.05) is 20.8 Å². The first kappa shape index (κ1) is 10.7. The maximum absolute atomic E-state index is 11.8. The lowest BCUT2D eigenvalue weighted by molar-refractivity contribution is -0.155. The third kappa shape index (κ3) is 2.29. The molecule has 0 aromatic carbocycles. The Balaban J connectivity index is 2.73. The molecule has 1 aliphatic heterocycles. The molecule has 0 saturated carbocycles. The standard InChI is InChI=1S/C10H18O3/c1-9(2,3)8(11)10(12)4-6-13-7-5-10/h12H,4-7H2,1-3H3. The molecule has 1 N–H and O–H groups in total. The van der Waals surface area contributed by atoms with Gasteiger partial charge < -0.3 is 9.84 Å². The van der Waals surface area contributed by atoms with Crippen LogP contribution in [-0.2, 0) is 9.53 Å². The minimum Gasteiger partial charge on any atom is -0.382 e. The van der Waals surface area contributed by atoms with E-state index in [1.165, 1.54) is 0 Å². The third-order valence-corrected chi connectivity index (χ3v) is 2.42. The number of carbonyl (C=O) groups excluding carboxylic acids is 1. The van der Waals surface area contributed by atoms with E-state index in [2.05, 4.69) is 0 Å².